The monoisotopic (exact) mass is 279 g/mol. The summed E-state index contributed by atoms with van der Waals surface area (Å²) in [5, 5.41) is 0. The molecule has 1 rings (SSSR count). The SMILES string of the molecule is CCCOc1c(C)cc(C)cc1C(C)C(C)C(N)=S. The van der Waals surface area contributed by atoms with E-state index in [2.05, 4.69) is 46.8 Å². The van der Waals surface area contributed by atoms with E-state index >= 15 is 0 Å². The molecule has 19 heavy (non-hydrogen) atoms. The zero-order valence-corrected chi connectivity index (χ0v) is 13.4. The summed E-state index contributed by atoms with van der Waals surface area (Å²) in [6.07, 6.45) is 1.01. The Bertz CT molecular complexity index is 456. The number of benzene rings is 1. The van der Waals surface area contributed by atoms with E-state index in [9.17, 15) is 0 Å². The molecule has 0 amide bonds. The molecule has 2 nitrogen and oxygen atoms in total. The fraction of sp³-hybridized carbons (Fsp3) is 0.562. The molecule has 2 unspecified atom stereocenters. The van der Waals surface area contributed by atoms with Crippen molar-refractivity contribution in [1.82, 2.24) is 0 Å². The van der Waals surface area contributed by atoms with Crippen molar-refractivity contribution in [2.24, 2.45) is 11.7 Å². The summed E-state index contributed by atoms with van der Waals surface area (Å²) in [7, 11) is 0. The van der Waals surface area contributed by atoms with Gasteiger partial charge in [0.2, 0.25) is 0 Å². The number of hydrogen-bond acceptors (Lipinski definition) is 2. The molecule has 2 N–H and O–H groups in total. The van der Waals surface area contributed by atoms with E-state index < -0.39 is 0 Å². The zero-order valence-electron chi connectivity index (χ0n) is 12.6. The number of nitrogens with two attached hydrogens (primary N) is 1. The Morgan fingerprint density at radius 2 is 1.95 bits per heavy atom. The normalized spacial score (nSPS) is 13.9. The summed E-state index contributed by atoms with van der Waals surface area (Å²) in [5.41, 5.74) is 9.44. The molecule has 0 aromatic heterocycles. The molecule has 0 aliphatic heterocycles. The van der Waals surface area contributed by atoms with Crippen LogP contribution in [-0.4, -0.2) is 11.6 Å². The van der Waals surface area contributed by atoms with Crippen molar-refractivity contribution in [3.05, 3.63) is 28.8 Å². The van der Waals surface area contributed by atoms with Gasteiger partial charge in [-0.15, -0.1) is 0 Å². The molecule has 0 heterocycles. The van der Waals surface area contributed by atoms with Gasteiger partial charge in [0.25, 0.3) is 0 Å². The molecule has 106 valence electrons. The van der Waals surface area contributed by atoms with Crippen LogP contribution in [0, 0.1) is 19.8 Å². The topological polar surface area (TPSA) is 35.2 Å². The van der Waals surface area contributed by atoms with Gasteiger partial charge in [-0.05, 0) is 37.3 Å². The van der Waals surface area contributed by atoms with Gasteiger partial charge in [0.05, 0.1) is 11.6 Å². The van der Waals surface area contributed by atoms with Crippen LogP contribution in [0.2, 0.25) is 0 Å². The second kappa shape index (κ2) is 6.90. The second-order valence-electron chi connectivity index (χ2n) is 5.33. The summed E-state index contributed by atoms with van der Waals surface area (Å²) < 4.78 is 5.94. The lowest BCUT2D eigenvalue weighted by Crippen LogP contribution is -2.23. The standard InChI is InChI=1S/C16H25NOS/c1-6-7-18-15-11(3)8-10(2)9-14(15)12(4)13(5)16(17)19/h8-9,12-13H,6-7H2,1-5H3,(H2,17,19). The first-order chi connectivity index (χ1) is 8.88. The number of ether oxygens (including phenoxy) is 1. The Kier molecular flexibility index (Phi) is 5.80. The van der Waals surface area contributed by atoms with E-state index in [1.807, 2.05) is 0 Å². The minimum atomic E-state index is 0.167. The average molecular weight is 279 g/mol. The summed E-state index contributed by atoms with van der Waals surface area (Å²) >= 11 is 5.13. The van der Waals surface area contributed by atoms with Gasteiger partial charge in [0, 0.05) is 5.92 Å². The van der Waals surface area contributed by atoms with Crippen LogP contribution in [0.15, 0.2) is 12.1 Å². The van der Waals surface area contributed by atoms with Crippen LogP contribution in [-0.2, 0) is 0 Å². The van der Waals surface area contributed by atoms with Crippen LogP contribution < -0.4 is 10.5 Å². The molecule has 0 saturated carbocycles. The van der Waals surface area contributed by atoms with E-state index in [4.69, 9.17) is 22.7 Å². The van der Waals surface area contributed by atoms with E-state index in [1.165, 1.54) is 16.7 Å². The Morgan fingerprint density at radius 3 is 2.47 bits per heavy atom. The van der Waals surface area contributed by atoms with Crippen LogP contribution in [0.5, 0.6) is 5.75 Å². The Morgan fingerprint density at radius 1 is 1.32 bits per heavy atom. The third kappa shape index (κ3) is 3.93. The summed E-state index contributed by atoms with van der Waals surface area (Å²) in [6.45, 7) is 11.3. The molecule has 0 spiro atoms. The summed E-state index contributed by atoms with van der Waals surface area (Å²) in [5.74, 6) is 1.44. The van der Waals surface area contributed by atoms with Gasteiger partial charge in [0.1, 0.15) is 5.75 Å². The molecular weight excluding hydrogens is 254 g/mol. The third-order valence-electron chi connectivity index (χ3n) is 3.59. The van der Waals surface area contributed by atoms with E-state index in [0.717, 1.165) is 18.8 Å². The van der Waals surface area contributed by atoms with Gasteiger partial charge in [-0.3, -0.25) is 0 Å². The Balaban J connectivity index is 3.19. The number of hydrogen-bond donors (Lipinski definition) is 1. The predicted molar refractivity (Wildman–Crippen MR) is 86.1 cm³/mol. The van der Waals surface area contributed by atoms with E-state index in [1.54, 1.807) is 0 Å². The fourth-order valence-electron chi connectivity index (χ4n) is 2.24. The molecular formula is C16H25NOS. The molecule has 0 fully saturated rings. The van der Waals surface area contributed by atoms with Crippen LogP contribution >= 0.6 is 12.2 Å². The van der Waals surface area contributed by atoms with Crippen LogP contribution in [0.4, 0.5) is 0 Å². The molecule has 0 aliphatic rings. The van der Waals surface area contributed by atoms with Crippen molar-refractivity contribution in [2.75, 3.05) is 6.61 Å². The van der Waals surface area contributed by atoms with E-state index in [0.29, 0.717) is 4.99 Å². The van der Waals surface area contributed by atoms with Gasteiger partial charge in [-0.1, -0.05) is 50.7 Å². The van der Waals surface area contributed by atoms with Gasteiger partial charge >= 0.3 is 0 Å². The molecule has 1 aromatic carbocycles. The highest BCUT2D eigenvalue weighted by Gasteiger charge is 2.21. The maximum Gasteiger partial charge on any atom is 0.125 e. The van der Waals surface area contributed by atoms with Crippen molar-refractivity contribution in [1.29, 1.82) is 0 Å². The molecule has 2 atom stereocenters. The lowest BCUT2D eigenvalue weighted by atomic mass is 9.86. The summed E-state index contributed by atoms with van der Waals surface area (Å²) in [4.78, 5) is 0.563. The van der Waals surface area contributed by atoms with Crippen LogP contribution in [0.25, 0.3) is 0 Å². The quantitative estimate of drug-likeness (QED) is 0.796. The number of rotatable bonds is 6. The first-order valence-corrected chi connectivity index (χ1v) is 7.32. The number of thiocarbonyl (C=S) groups is 1. The third-order valence-corrected chi connectivity index (χ3v) is 3.96. The smallest absolute Gasteiger partial charge is 0.125 e. The highest BCUT2D eigenvalue weighted by atomic mass is 32.1. The van der Waals surface area contributed by atoms with Gasteiger partial charge < -0.3 is 10.5 Å². The molecule has 0 bridgehead atoms. The number of aryl methyl sites for hydroxylation is 2. The maximum atomic E-state index is 5.94. The Labute approximate surface area is 122 Å². The molecule has 0 aliphatic carbocycles. The van der Waals surface area contributed by atoms with Crippen molar-refractivity contribution in [3.8, 4) is 5.75 Å². The van der Waals surface area contributed by atoms with Gasteiger partial charge in [-0.25, -0.2) is 0 Å². The van der Waals surface area contributed by atoms with Crippen LogP contribution in [0.1, 0.15) is 49.8 Å². The zero-order chi connectivity index (χ0) is 14.6. The lowest BCUT2D eigenvalue weighted by molar-refractivity contribution is 0.309. The first kappa shape index (κ1) is 16.0. The van der Waals surface area contributed by atoms with Crippen molar-refractivity contribution >= 4 is 17.2 Å². The van der Waals surface area contributed by atoms with E-state index in [-0.39, 0.29) is 11.8 Å². The summed E-state index contributed by atoms with van der Waals surface area (Å²) in [6, 6.07) is 4.35. The molecule has 0 saturated heterocycles. The van der Waals surface area contributed by atoms with Crippen LogP contribution in [0.3, 0.4) is 0 Å². The van der Waals surface area contributed by atoms with Gasteiger partial charge in [-0.2, -0.15) is 0 Å². The molecule has 3 heteroatoms. The van der Waals surface area contributed by atoms with Crippen molar-refractivity contribution in [3.63, 3.8) is 0 Å². The minimum absolute atomic E-state index is 0.167. The average Bonchev–Trinajstić information content (AvgIpc) is 2.35. The fourth-order valence-corrected chi connectivity index (χ4v) is 2.45. The maximum absolute atomic E-state index is 5.94. The minimum Gasteiger partial charge on any atom is -0.493 e. The molecule has 1 aromatic rings. The molecule has 0 radical (unpaired) electrons. The Hall–Kier alpha value is -1.09. The van der Waals surface area contributed by atoms with Crippen molar-refractivity contribution in [2.45, 2.75) is 47.0 Å². The largest absolute Gasteiger partial charge is 0.493 e. The lowest BCUT2D eigenvalue weighted by Gasteiger charge is -2.24. The first-order valence-electron chi connectivity index (χ1n) is 6.91. The van der Waals surface area contributed by atoms with Gasteiger partial charge in [0.15, 0.2) is 0 Å². The highest BCUT2D eigenvalue weighted by molar-refractivity contribution is 7.80. The van der Waals surface area contributed by atoms with Crippen molar-refractivity contribution < 1.29 is 4.74 Å². The highest BCUT2D eigenvalue weighted by Crippen LogP contribution is 2.35. The second-order valence-corrected chi connectivity index (χ2v) is 5.80. The predicted octanol–water partition coefficient (Wildman–Crippen LogP) is 4.12.